The number of aliphatic hydroxyl groups is 1. The summed E-state index contributed by atoms with van der Waals surface area (Å²) >= 11 is 0. The smallest absolute Gasteiger partial charge is 0.0552 e. The first-order chi connectivity index (χ1) is 8.24. The van der Waals surface area contributed by atoms with Crippen LogP contribution in [0.25, 0.3) is 0 Å². The number of rotatable bonds is 4. The van der Waals surface area contributed by atoms with Gasteiger partial charge in [-0.3, -0.25) is 0 Å². The van der Waals surface area contributed by atoms with Crippen molar-refractivity contribution >= 4 is 5.69 Å². The number of hydrogen-bond donors (Lipinski definition) is 1. The van der Waals surface area contributed by atoms with Gasteiger partial charge in [0, 0.05) is 18.8 Å². The van der Waals surface area contributed by atoms with Crippen molar-refractivity contribution in [1.82, 2.24) is 0 Å². The molecule has 1 fully saturated rings. The van der Waals surface area contributed by atoms with E-state index in [1.54, 1.807) is 0 Å². The minimum Gasteiger partial charge on any atom is -0.393 e. The van der Waals surface area contributed by atoms with Crippen LogP contribution in [-0.4, -0.2) is 24.3 Å². The molecule has 1 atom stereocenters. The number of anilines is 1. The van der Waals surface area contributed by atoms with E-state index >= 15 is 0 Å². The first-order valence-corrected chi connectivity index (χ1v) is 6.78. The van der Waals surface area contributed by atoms with Gasteiger partial charge in [-0.05, 0) is 55.7 Å². The molecule has 3 rings (SSSR count). The highest BCUT2D eigenvalue weighted by molar-refractivity contribution is 5.61. The highest BCUT2D eigenvalue weighted by Crippen LogP contribution is 2.36. The van der Waals surface area contributed by atoms with E-state index < -0.39 is 0 Å². The van der Waals surface area contributed by atoms with Crippen LogP contribution in [-0.2, 0) is 12.8 Å². The van der Waals surface area contributed by atoms with E-state index in [1.807, 2.05) is 6.92 Å². The molecule has 92 valence electrons. The lowest BCUT2D eigenvalue weighted by atomic mass is 10.00. The lowest BCUT2D eigenvalue weighted by molar-refractivity contribution is 0.195. The molecule has 0 saturated heterocycles. The average Bonchev–Trinajstić information content (AvgIpc) is 2.99. The molecule has 0 aromatic heterocycles. The predicted octanol–water partition coefficient (Wildman–Crippen LogP) is 2.38. The molecule has 1 aliphatic heterocycles. The summed E-state index contributed by atoms with van der Waals surface area (Å²) in [5.41, 5.74) is 4.25. The van der Waals surface area contributed by atoms with Crippen molar-refractivity contribution in [3.8, 4) is 0 Å². The minimum absolute atomic E-state index is 0.237. The Hall–Kier alpha value is -1.02. The van der Waals surface area contributed by atoms with Gasteiger partial charge in [0.1, 0.15) is 0 Å². The third kappa shape index (κ3) is 2.32. The topological polar surface area (TPSA) is 23.5 Å². The number of benzene rings is 1. The zero-order chi connectivity index (χ0) is 11.8. The normalized spacial score (nSPS) is 20.5. The summed E-state index contributed by atoms with van der Waals surface area (Å²) < 4.78 is 0. The fourth-order valence-corrected chi connectivity index (χ4v) is 2.88. The second-order valence-electron chi connectivity index (χ2n) is 5.61. The van der Waals surface area contributed by atoms with Crippen LogP contribution in [0.15, 0.2) is 18.2 Å². The lowest BCUT2D eigenvalue weighted by Gasteiger charge is -2.19. The third-order valence-electron chi connectivity index (χ3n) is 3.91. The second kappa shape index (κ2) is 4.34. The fraction of sp³-hybridized carbons (Fsp3) is 0.600. The van der Waals surface area contributed by atoms with Crippen LogP contribution in [0.2, 0.25) is 0 Å². The summed E-state index contributed by atoms with van der Waals surface area (Å²) in [6, 6.07) is 6.56. The van der Waals surface area contributed by atoms with Crippen molar-refractivity contribution in [3.05, 3.63) is 29.3 Å². The monoisotopic (exact) mass is 231 g/mol. The first kappa shape index (κ1) is 11.1. The zero-order valence-corrected chi connectivity index (χ0v) is 10.5. The van der Waals surface area contributed by atoms with E-state index in [-0.39, 0.29) is 6.10 Å². The molecule has 0 spiro atoms. The standard InChI is InChI=1S/C15H21NO/c1-11(17)9-13-3-2-4-15-14(13)7-8-16(15)10-12-5-6-12/h2-4,11-12,17H,5-10H2,1H3. The number of nitrogens with zero attached hydrogens (tertiary/aromatic N) is 1. The molecule has 1 aliphatic carbocycles. The van der Waals surface area contributed by atoms with Crippen LogP contribution in [0, 0.1) is 5.92 Å². The molecule has 0 radical (unpaired) electrons. The molecule has 1 N–H and O–H groups in total. The van der Waals surface area contributed by atoms with Crippen LogP contribution >= 0.6 is 0 Å². The molecule has 0 bridgehead atoms. The summed E-state index contributed by atoms with van der Waals surface area (Å²) in [4.78, 5) is 2.54. The molecule has 1 heterocycles. The molecule has 2 heteroatoms. The summed E-state index contributed by atoms with van der Waals surface area (Å²) in [5, 5.41) is 9.54. The van der Waals surface area contributed by atoms with Gasteiger partial charge >= 0.3 is 0 Å². The molecule has 2 aliphatic rings. The number of hydrogen-bond acceptors (Lipinski definition) is 2. The Kier molecular flexibility index (Phi) is 2.83. The van der Waals surface area contributed by atoms with Crippen LogP contribution in [0.1, 0.15) is 30.9 Å². The summed E-state index contributed by atoms with van der Waals surface area (Å²) in [5.74, 6) is 0.946. The van der Waals surface area contributed by atoms with E-state index in [0.29, 0.717) is 0 Å². The van der Waals surface area contributed by atoms with Crippen molar-refractivity contribution in [2.45, 2.75) is 38.7 Å². The average molecular weight is 231 g/mol. The Morgan fingerprint density at radius 1 is 1.41 bits per heavy atom. The Morgan fingerprint density at radius 2 is 2.24 bits per heavy atom. The van der Waals surface area contributed by atoms with E-state index in [0.717, 1.165) is 18.8 Å². The van der Waals surface area contributed by atoms with Crippen molar-refractivity contribution < 1.29 is 5.11 Å². The molecule has 17 heavy (non-hydrogen) atoms. The van der Waals surface area contributed by atoms with Gasteiger partial charge in [-0.25, -0.2) is 0 Å². The highest BCUT2D eigenvalue weighted by Gasteiger charge is 2.28. The summed E-state index contributed by atoms with van der Waals surface area (Å²) in [6.45, 7) is 4.28. The van der Waals surface area contributed by atoms with Gasteiger partial charge < -0.3 is 10.0 Å². The van der Waals surface area contributed by atoms with Gasteiger partial charge in [-0.2, -0.15) is 0 Å². The molecule has 1 aromatic rings. The molecule has 1 aromatic carbocycles. The molecule has 0 amide bonds. The molecule has 1 saturated carbocycles. The second-order valence-corrected chi connectivity index (χ2v) is 5.61. The van der Waals surface area contributed by atoms with E-state index in [1.165, 1.54) is 42.7 Å². The maximum absolute atomic E-state index is 9.54. The van der Waals surface area contributed by atoms with Gasteiger partial charge in [-0.15, -0.1) is 0 Å². The van der Waals surface area contributed by atoms with Crippen molar-refractivity contribution in [2.75, 3.05) is 18.0 Å². The molecule has 2 nitrogen and oxygen atoms in total. The van der Waals surface area contributed by atoms with Crippen molar-refractivity contribution in [3.63, 3.8) is 0 Å². The van der Waals surface area contributed by atoms with E-state index in [9.17, 15) is 5.11 Å². The molecular formula is C15H21NO. The van der Waals surface area contributed by atoms with Gasteiger partial charge in [-0.1, -0.05) is 12.1 Å². The summed E-state index contributed by atoms with van der Waals surface area (Å²) in [7, 11) is 0. The zero-order valence-electron chi connectivity index (χ0n) is 10.5. The van der Waals surface area contributed by atoms with Gasteiger partial charge in [0.05, 0.1) is 6.10 Å². The van der Waals surface area contributed by atoms with Crippen LogP contribution in [0.3, 0.4) is 0 Å². The summed E-state index contributed by atoms with van der Waals surface area (Å²) in [6.07, 6.45) is 4.54. The lowest BCUT2D eigenvalue weighted by Crippen LogP contribution is -2.22. The third-order valence-corrected chi connectivity index (χ3v) is 3.91. The number of aliphatic hydroxyl groups excluding tert-OH is 1. The van der Waals surface area contributed by atoms with Crippen LogP contribution in [0.5, 0.6) is 0 Å². The van der Waals surface area contributed by atoms with Crippen LogP contribution < -0.4 is 4.90 Å². The largest absolute Gasteiger partial charge is 0.393 e. The molecular weight excluding hydrogens is 210 g/mol. The van der Waals surface area contributed by atoms with Gasteiger partial charge in [0.25, 0.3) is 0 Å². The Bertz CT molecular complexity index is 409. The van der Waals surface area contributed by atoms with E-state index in [2.05, 4.69) is 23.1 Å². The Morgan fingerprint density at radius 3 is 2.94 bits per heavy atom. The SMILES string of the molecule is CC(O)Cc1cccc2c1CCN2CC1CC1. The minimum atomic E-state index is -0.237. The van der Waals surface area contributed by atoms with Crippen molar-refractivity contribution in [1.29, 1.82) is 0 Å². The predicted molar refractivity (Wildman–Crippen MR) is 70.5 cm³/mol. The molecule has 1 unspecified atom stereocenters. The first-order valence-electron chi connectivity index (χ1n) is 6.78. The van der Waals surface area contributed by atoms with Crippen molar-refractivity contribution in [2.24, 2.45) is 5.92 Å². The Labute approximate surface area is 103 Å². The maximum atomic E-state index is 9.54. The van der Waals surface area contributed by atoms with Crippen LogP contribution in [0.4, 0.5) is 5.69 Å². The Balaban J connectivity index is 1.82. The van der Waals surface area contributed by atoms with Gasteiger partial charge in [0.2, 0.25) is 0 Å². The highest BCUT2D eigenvalue weighted by atomic mass is 16.3. The van der Waals surface area contributed by atoms with E-state index in [4.69, 9.17) is 0 Å². The quantitative estimate of drug-likeness (QED) is 0.860. The number of fused-ring (bicyclic) bond motifs is 1. The fourth-order valence-electron chi connectivity index (χ4n) is 2.88. The maximum Gasteiger partial charge on any atom is 0.0552 e. The van der Waals surface area contributed by atoms with Gasteiger partial charge in [0.15, 0.2) is 0 Å².